The Bertz CT molecular complexity index is 386. The lowest BCUT2D eigenvalue weighted by Gasteiger charge is -2.14. The summed E-state index contributed by atoms with van der Waals surface area (Å²) < 4.78 is 10.8. The number of nitrogens with zero attached hydrogens (tertiary/aromatic N) is 1. The molecule has 0 aromatic heterocycles. The third kappa shape index (κ3) is 2.89. The van der Waals surface area contributed by atoms with Crippen molar-refractivity contribution >= 4 is 5.71 Å². The van der Waals surface area contributed by atoms with Crippen molar-refractivity contribution in [2.75, 3.05) is 7.11 Å². The summed E-state index contributed by atoms with van der Waals surface area (Å²) >= 11 is 0. The summed E-state index contributed by atoms with van der Waals surface area (Å²) in [6, 6.07) is 5.42. The van der Waals surface area contributed by atoms with Gasteiger partial charge in [-0.25, -0.2) is 0 Å². The fourth-order valence-electron chi connectivity index (χ4n) is 1.30. The monoisotopic (exact) mass is 223 g/mol. The zero-order chi connectivity index (χ0) is 12.1. The second-order valence-electron chi connectivity index (χ2n) is 3.72. The first-order valence-electron chi connectivity index (χ1n) is 5.12. The van der Waals surface area contributed by atoms with E-state index in [-0.39, 0.29) is 6.10 Å². The third-order valence-corrected chi connectivity index (χ3v) is 2.09. The standard InChI is InChI=1S/C12H17NO3/c1-8(2)16-11-6-5-10(9(3)13-14)7-12(11)15-4/h5-8,14H,1-4H3. The maximum atomic E-state index is 8.68. The summed E-state index contributed by atoms with van der Waals surface area (Å²) in [6.45, 7) is 5.62. The largest absolute Gasteiger partial charge is 0.493 e. The molecule has 4 heteroatoms. The van der Waals surface area contributed by atoms with Crippen LogP contribution >= 0.6 is 0 Å². The number of rotatable bonds is 4. The SMILES string of the molecule is COc1cc(C(C)=NO)ccc1OC(C)C. The highest BCUT2D eigenvalue weighted by Gasteiger charge is 2.08. The van der Waals surface area contributed by atoms with Gasteiger partial charge in [0.2, 0.25) is 0 Å². The smallest absolute Gasteiger partial charge is 0.161 e. The molecular weight excluding hydrogens is 206 g/mol. The first kappa shape index (κ1) is 12.4. The molecule has 16 heavy (non-hydrogen) atoms. The average molecular weight is 223 g/mol. The van der Waals surface area contributed by atoms with Crippen LogP contribution in [0.3, 0.4) is 0 Å². The van der Waals surface area contributed by atoms with Crippen LogP contribution in [0.15, 0.2) is 23.4 Å². The van der Waals surface area contributed by atoms with Crippen LogP contribution in [0, 0.1) is 0 Å². The van der Waals surface area contributed by atoms with Gasteiger partial charge in [-0.3, -0.25) is 0 Å². The van der Waals surface area contributed by atoms with E-state index in [2.05, 4.69) is 5.16 Å². The molecule has 0 saturated heterocycles. The van der Waals surface area contributed by atoms with Gasteiger partial charge in [0.1, 0.15) is 0 Å². The van der Waals surface area contributed by atoms with E-state index in [1.165, 1.54) is 0 Å². The molecule has 0 saturated carbocycles. The van der Waals surface area contributed by atoms with E-state index in [9.17, 15) is 0 Å². The predicted molar refractivity (Wildman–Crippen MR) is 62.8 cm³/mol. The van der Waals surface area contributed by atoms with Crippen LogP contribution in [-0.4, -0.2) is 24.1 Å². The van der Waals surface area contributed by atoms with Gasteiger partial charge in [-0.15, -0.1) is 0 Å². The van der Waals surface area contributed by atoms with Crippen LogP contribution in [0.4, 0.5) is 0 Å². The third-order valence-electron chi connectivity index (χ3n) is 2.09. The molecule has 0 fully saturated rings. The molecular formula is C12H17NO3. The number of benzene rings is 1. The van der Waals surface area contributed by atoms with Gasteiger partial charge in [0.15, 0.2) is 11.5 Å². The van der Waals surface area contributed by atoms with Gasteiger partial charge in [0.05, 0.1) is 18.9 Å². The van der Waals surface area contributed by atoms with E-state index >= 15 is 0 Å². The molecule has 0 aliphatic carbocycles. The normalized spacial score (nSPS) is 11.7. The Balaban J connectivity index is 3.06. The Hall–Kier alpha value is -1.71. The van der Waals surface area contributed by atoms with Crippen molar-refractivity contribution in [3.63, 3.8) is 0 Å². The highest BCUT2D eigenvalue weighted by atomic mass is 16.5. The second-order valence-corrected chi connectivity index (χ2v) is 3.72. The minimum atomic E-state index is 0.0901. The topological polar surface area (TPSA) is 51.0 Å². The summed E-state index contributed by atoms with van der Waals surface area (Å²) in [5, 5.41) is 11.8. The summed E-state index contributed by atoms with van der Waals surface area (Å²) in [5.41, 5.74) is 1.34. The van der Waals surface area contributed by atoms with Crippen LogP contribution in [0.2, 0.25) is 0 Å². The van der Waals surface area contributed by atoms with Crippen molar-refractivity contribution in [2.24, 2.45) is 5.16 Å². The van der Waals surface area contributed by atoms with Crippen LogP contribution in [0.25, 0.3) is 0 Å². The van der Waals surface area contributed by atoms with Crippen LogP contribution in [0.1, 0.15) is 26.3 Å². The predicted octanol–water partition coefficient (Wildman–Crippen LogP) is 2.68. The van der Waals surface area contributed by atoms with E-state index in [4.69, 9.17) is 14.7 Å². The molecule has 88 valence electrons. The van der Waals surface area contributed by atoms with E-state index in [1.807, 2.05) is 26.0 Å². The van der Waals surface area contributed by atoms with Gasteiger partial charge >= 0.3 is 0 Å². The van der Waals surface area contributed by atoms with Gasteiger partial charge in [0, 0.05) is 5.56 Å². The minimum absolute atomic E-state index is 0.0901. The lowest BCUT2D eigenvalue weighted by Crippen LogP contribution is -2.07. The first-order chi connectivity index (χ1) is 7.58. The zero-order valence-corrected chi connectivity index (χ0v) is 10.0. The Morgan fingerprint density at radius 2 is 2.00 bits per heavy atom. The lowest BCUT2D eigenvalue weighted by atomic mass is 10.1. The highest BCUT2D eigenvalue weighted by molar-refractivity contribution is 5.98. The molecule has 0 aliphatic rings. The van der Waals surface area contributed by atoms with Gasteiger partial charge in [-0.05, 0) is 39.0 Å². The molecule has 1 rings (SSSR count). The Labute approximate surface area is 95.5 Å². The first-order valence-corrected chi connectivity index (χ1v) is 5.12. The molecule has 0 unspecified atom stereocenters. The van der Waals surface area contributed by atoms with Gasteiger partial charge in [0.25, 0.3) is 0 Å². The number of methoxy groups -OCH3 is 1. The van der Waals surface area contributed by atoms with E-state index in [1.54, 1.807) is 20.1 Å². The highest BCUT2D eigenvalue weighted by Crippen LogP contribution is 2.29. The van der Waals surface area contributed by atoms with Gasteiger partial charge in [-0.2, -0.15) is 0 Å². The molecule has 0 heterocycles. The van der Waals surface area contributed by atoms with Crippen molar-refractivity contribution in [2.45, 2.75) is 26.9 Å². The molecule has 0 amide bonds. The molecule has 1 aromatic carbocycles. The number of ether oxygens (including phenoxy) is 2. The fourth-order valence-corrected chi connectivity index (χ4v) is 1.30. The molecule has 0 aliphatic heterocycles. The average Bonchev–Trinajstić information content (AvgIpc) is 2.27. The molecule has 0 radical (unpaired) electrons. The Morgan fingerprint density at radius 1 is 1.31 bits per heavy atom. The van der Waals surface area contributed by atoms with Crippen molar-refractivity contribution in [1.82, 2.24) is 0 Å². The fraction of sp³-hybridized carbons (Fsp3) is 0.417. The van der Waals surface area contributed by atoms with E-state index in [0.717, 1.165) is 5.56 Å². The van der Waals surface area contributed by atoms with Crippen molar-refractivity contribution in [3.8, 4) is 11.5 Å². The zero-order valence-electron chi connectivity index (χ0n) is 10.0. The number of hydrogen-bond acceptors (Lipinski definition) is 4. The van der Waals surface area contributed by atoms with Crippen LogP contribution < -0.4 is 9.47 Å². The molecule has 0 spiro atoms. The van der Waals surface area contributed by atoms with E-state index < -0.39 is 0 Å². The number of oxime groups is 1. The van der Waals surface area contributed by atoms with Crippen LogP contribution in [-0.2, 0) is 0 Å². The summed E-state index contributed by atoms with van der Waals surface area (Å²) in [5.74, 6) is 1.32. The summed E-state index contributed by atoms with van der Waals surface area (Å²) in [7, 11) is 1.58. The minimum Gasteiger partial charge on any atom is -0.493 e. The quantitative estimate of drug-likeness (QED) is 0.485. The Morgan fingerprint density at radius 3 is 2.50 bits per heavy atom. The maximum absolute atomic E-state index is 8.68. The van der Waals surface area contributed by atoms with Crippen molar-refractivity contribution in [3.05, 3.63) is 23.8 Å². The summed E-state index contributed by atoms with van der Waals surface area (Å²) in [4.78, 5) is 0. The van der Waals surface area contributed by atoms with Crippen molar-refractivity contribution in [1.29, 1.82) is 0 Å². The molecule has 1 N–H and O–H groups in total. The molecule has 0 bridgehead atoms. The van der Waals surface area contributed by atoms with E-state index in [0.29, 0.717) is 17.2 Å². The molecule has 0 atom stereocenters. The van der Waals surface area contributed by atoms with Crippen molar-refractivity contribution < 1.29 is 14.7 Å². The molecule has 1 aromatic rings. The lowest BCUT2D eigenvalue weighted by molar-refractivity contribution is 0.230. The van der Waals surface area contributed by atoms with Gasteiger partial charge < -0.3 is 14.7 Å². The Kier molecular flexibility index (Phi) is 4.17. The number of hydrogen-bond donors (Lipinski definition) is 1. The van der Waals surface area contributed by atoms with Gasteiger partial charge in [-0.1, -0.05) is 5.16 Å². The van der Waals surface area contributed by atoms with Crippen LogP contribution in [0.5, 0.6) is 11.5 Å². The maximum Gasteiger partial charge on any atom is 0.161 e. The second kappa shape index (κ2) is 5.39. The molecule has 4 nitrogen and oxygen atoms in total. The summed E-state index contributed by atoms with van der Waals surface area (Å²) in [6.07, 6.45) is 0.0901.